The van der Waals surface area contributed by atoms with Crippen LogP contribution in [-0.4, -0.2) is 29.4 Å². The molecule has 0 aromatic heterocycles. The van der Waals surface area contributed by atoms with E-state index in [-0.39, 0.29) is 24.2 Å². The number of primary amides is 1. The highest BCUT2D eigenvalue weighted by molar-refractivity contribution is 8.15. The first-order valence-electron chi connectivity index (χ1n) is 8.75. The highest BCUT2D eigenvalue weighted by atomic mass is 32.2. The second-order valence-corrected chi connectivity index (χ2v) is 7.82. The maximum absolute atomic E-state index is 12.8. The average molecular weight is 438 g/mol. The molecule has 1 heterocycles. The number of benzene rings is 2. The molecule has 2 aromatic rings. The zero-order valence-corrected chi connectivity index (χ0v) is 16.5. The molecule has 158 valence electrons. The molecule has 1 aliphatic rings. The van der Waals surface area contributed by atoms with Gasteiger partial charge in [-0.05, 0) is 53.8 Å². The van der Waals surface area contributed by atoms with Crippen molar-refractivity contribution in [3.63, 3.8) is 0 Å². The lowest BCUT2D eigenvalue weighted by Crippen LogP contribution is -2.26. The summed E-state index contributed by atoms with van der Waals surface area (Å²) in [7, 11) is 1.36. The number of hydrogen-bond donors (Lipinski definition) is 2. The third kappa shape index (κ3) is 4.76. The van der Waals surface area contributed by atoms with E-state index in [1.807, 2.05) is 0 Å². The predicted molar refractivity (Wildman–Crippen MR) is 104 cm³/mol. The minimum atomic E-state index is -4.43. The molecule has 10 heteroatoms. The van der Waals surface area contributed by atoms with E-state index in [1.54, 1.807) is 6.07 Å². The van der Waals surface area contributed by atoms with Gasteiger partial charge in [0.1, 0.15) is 5.75 Å². The Morgan fingerprint density at radius 3 is 2.33 bits per heavy atom. The van der Waals surface area contributed by atoms with E-state index in [0.29, 0.717) is 16.7 Å². The van der Waals surface area contributed by atoms with Gasteiger partial charge in [0.2, 0.25) is 5.91 Å². The number of rotatable bonds is 6. The Hall–Kier alpha value is -3.01. The number of carbonyl (C=O) groups excluding carboxylic acids is 3. The third-order valence-corrected chi connectivity index (χ3v) is 5.62. The summed E-state index contributed by atoms with van der Waals surface area (Å²) in [5.74, 6) is -0.955. The minimum Gasteiger partial charge on any atom is -0.496 e. The van der Waals surface area contributed by atoms with Crippen LogP contribution in [0.25, 0.3) is 0 Å². The molecular weight excluding hydrogens is 421 g/mol. The summed E-state index contributed by atoms with van der Waals surface area (Å²) in [6, 6.07) is 7.78. The van der Waals surface area contributed by atoms with Crippen molar-refractivity contribution >= 4 is 28.8 Å². The van der Waals surface area contributed by atoms with Crippen LogP contribution >= 0.6 is 11.8 Å². The van der Waals surface area contributed by atoms with Crippen molar-refractivity contribution in [2.75, 3.05) is 7.11 Å². The van der Waals surface area contributed by atoms with E-state index in [1.165, 1.54) is 25.3 Å². The van der Waals surface area contributed by atoms with Crippen molar-refractivity contribution in [1.29, 1.82) is 0 Å². The number of imide groups is 1. The summed E-state index contributed by atoms with van der Waals surface area (Å²) >= 11 is 0.840. The summed E-state index contributed by atoms with van der Waals surface area (Å²) in [4.78, 5) is 35.2. The number of nitrogens with two attached hydrogens (primary N) is 1. The van der Waals surface area contributed by atoms with Crippen LogP contribution in [0.5, 0.6) is 5.75 Å². The van der Waals surface area contributed by atoms with E-state index in [9.17, 15) is 27.6 Å². The van der Waals surface area contributed by atoms with Gasteiger partial charge in [0.15, 0.2) is 0 Å². The lowest BCUT2D eigenvalue weighted by atomic mass is 9.93. The smallest absolute Gasteiger partial charge is 0.416 e. The Balaban J connectivity index is 1.97. The van der Waals surface area contributed by atoms with Crippen LogP contribution in [0.2, 0.25) is 0 Å². The van der Waals surface area contributed by atoms with Crippen LogP contribution in [0.3, 0.4) is 0 Å². The van der Waals surface area contributed by atoms with Gasteiger partial charge in [-0.3, -0.25) is 19.7 Å². The fourth-order valence-electron chi connectivity index (χ4n) is 3.14. The van der Waals surface area contributed by atoms with Crippen LogP contribution in [-0.2, 0) is 23.8 Å². The minimum absolute atomic E-state index is 0.110. The van der Waals surface area contributed by atoms with Gasteiger partial charge in [-0.15, -0.1) is 0 Å². The first-order chi connectivity index (χ1) is 14.1. The van der Waals surface area contributed by atoms with Crippen molar-refractivity contribution in [2.45, 2.75) is 24.3 Å². The summed E-state index contributed by atoms with van der Waals surface area (Å²) in [5.41, 5.74) is 6.58. The zero-order chi connectivity index (χ0) is 22.1. The van der Waals surface area contributed by atoms with Gasteiger partial charge < -0.3 is 10.5 Å². The first-order valence-corrected chi connectivity index (χ1v) is 9.63. The number of thioether (sulfide) groups is 1. The molecular formula is C20H17F3N2O4S. The summed E-state index contributed by atoms with van der Waals surface area (Å²) in [6.45, 7) is 0. The fourth-order valence-corrected chi connectivity index (χ4v) is 3.99. The Morgan fingerprint density at radius 1 is 1.17 bits per heavy atom. The molecule has 3 amide bonds. The highest BCUT2D eigenvalue weighted by Crippen LogP contribution is 2.32. The summed E-state index contributed by atoms with van der Waals surface area (Å²) in [5, 5.41) is 1.06. The van der Waals surface area contributed by atoms with Gasteiger partial charge in [0.05, 0.1) is 23.5 Å². The molecule has 1 unspecified atom stereocenters. The van der Waals surface area contributed by atoms with Crippen LogP contribution in [0.4, 0.5) is 18.0 Å². The molecule has 1 fully saturated rings. The SMILES string of the molecule is COc1cc(Cc2ccc(C(F)(F)F)cc2)c(CC2SC(=O)NC2=O)cc1C(N)=O. The molecule has 0 radical (unpaired) electrons. The normalized spacial score (nSPS) is 16.5. The van der Waals surface area contributed by atoms with Crippen molar-refractivity contribution in [1.82, 2.24) is 5.32 Å². The number of ether oxygens (including phenoxy) is 1. The van der Waals surface area contributed by atoms with E-state index in [0.717, 1.165) is 23.9 Å². The number of carbonyl (C=O) groups is 3. The van der Waals surface area contributed by atoms with Gasteiger partial charge in [0, 0.05) is 0 Å². The lowest BCUT2D eigenvalue weighted by Gasteiger charge is -2.16. The van der Waals surface area contributed by atoms with Crippen molar-refractivity contribution in [3.8, 4) is 5.75 Å². The number of halogens is 3. The van der Waals surface area contributed by atoms with Crippen molar-refractivity contribution < 1.29 is 32.3 Å². The lowest BCUT2D eigenvalue weighted by molar-refractivity contribution is -0.137. The maximum Gasteiger partial charge on any atom is 0.416 e. The summed E-state index contributed by atoms with van der Waals surface area (Å²) < 4.78 is 43.6. The number of methoxy groups -OCH3 is 1. The zero-order valence-electron chi connectivity index (χ0n) is 15.7. The maximum atomic E-state index is 12.8. The molecule has 1 atom stereocenters. The van der Waals surface area contributed by atoms with Gasteiger partial charge in [0.25, 0.3) is 11.1 Å². The number of hydrogen-bond acceptors (Lipinski definition) is 5. The predicted octanol–water partition coefficient (Wildman–Crippen LogP) is 3.30. The molecule has 0 saturated carbocycles. The second-order valence-electron chi connectivity index (χ2n) is 6.64. The standard InChI is InChI=1S/C20H17F3N2O4S/c1-29-15-8-11(6-10-2-4-13(5-3-10)20(21,22)23)12(7-14(15)17(24)26)9-16-18(27)25-19(28)30-16/h2-5,7-8,16H,6,9H2,1H3,(H2,24,26)(H,25,27,28). The largest absolute Gasteiger partial charge is 0.496 e. The molecule has 30 heavy (non-hydrogen) atoms. The Labute approximate surface area is 174 Å². The van der Waals surface area contributed by atoms with E-state index < -0.39 is 34.0 Å². The molecule has 0 aliphatic carbocycles. The number of alkyl halides is 3. The Bertz CT molecular complexity index is 1010. The molecule has 3 N–H and O–H groups in total. The topological polar surface area (TPSA) is 98.5 Å². The molecule has 1 saturated heterocycles. The van der Waals surface area contributed by atoms with Gasteiger partial charge in [-0.25, -0.2) is 0 Å². The monoisotopic (exact) mass is 438 g/mol. The van der Waals surface area contributed by atoms with Gasteiger partial charge in [-0.1, -0.05) is 23.9 Å². The highest BCUT2D eigenvalue weighted by Gasteiger charge is 2.33. The molecule has 6 nitrogen and oxygen atoms in total. The molecule has 1 aliphatic heterocycles. The molecule has 3 rings (SSSR count). The van der Waals surface area contributed by atoms with Crippen LogP contribution in [0.1, 0.15) is 32.6 Å². The number of amides is 3. The average Bonchev–Trinajstić information content (AvgIpc) is 2.99. The van der Waals surface area contributed by atoms with Crippen molar-refractivity contribution in [3.05, 3.63) is 64.2 Å². The van der Waals surface area contributed by atoms with Gasteiger partial charge >= 0.3 is 6.18 Å². The fraction of sp³-hybridized carbons (Fsp3) is 0.250. The van der Waals surface area contributed by atoms with E-state index in [2.05, 4.69) is 5.32 Å². The van der Waals surface area contributed by atoms with E-state index >= 15 is 0 Å². The second kappa shape index (κ2) is 8.39. The summed E-state index contributed by atoms with van der Waals surface area (Å²) in [6.07, 6.45) is -4.06. The Morgan fingerprint density at radius 2 is 1.83 bits per heavy atom. The van der Waals surface area contributed by atoms with Crippen LogP contribution < -0.4 is 15.8 Å². The van der Waals surface area contributed by atoms with Gasteiger partial charge in [-0.2, -0.15) is 13.2 Å². The third-order valence-electron chi connectivity index (χ3n) is 4.64. The van der Waals surface area contributed by atoms with Crippen LogP contribution in [0.15, 0.2) is 36.4 Å². The van der Waals surface area contributed by atoms with E-state index in [4.69, 9.17) is 10.5 Å². The molecule has 0 bridgehead atoms. The first kappa shape index (κ1) is 21.7. The van der Waals surface area contributed by atoms with Crippen LogP contribution in [0, 0.1) is 0 Å². The van der Waals surface area contributed by atoms with Crippen molar-refractivity contribution in [2.24, 2.45) is 5.73 Å². The molecule has 2 aromatic carbocycles. The molecule has 0 spiro atoms. The quantitative estimate of drug-likeness (QED) is 0.721. The Kier molecular flexibility index (Phi) is 6.06. The number of nitrogens with one attached hydrogen (secondary N) is 1.